The first kappa shape index (κ1) is 30.0. The normalized spacial score (nSPS) is 14.0. The van der Waals surface area contributed by atoms with E-state index in [9.17, 15) is 19.2 Å². The zero-order valence-corrected chi connectivity index (χ0v) is 25.6. The number of carbonyl (C=O) groups is 4. The van der Waals surface area contributed by atoms with Crippen LogP contribution >= 0.6 is 0 Å². The number of esters is 1. The number of amides is 4. The van der Waals surface area contributed by atoms with Gasteiger partial charge >= 0.3 is 12.0 Å². The molecule has 0 unspecified atom stereocenters. The Morgan fingerprint density at radius 1 is 0.761 bits per heavy atom. The molecule has 1 saturated heterocycles. The Morgan fingerprint density at radius 3 is 1.98 bits per heavy atom. The van der Waals surface area contributed by atoms with Crippen molar-refractivity contribution in [1.82, 2.24) is 9.88 Å². The standard InChI is InChI=1S/C38H31N3O5/c1-4-46-37(44)28-15-17-30(18-16-28)40-33(26-11-7-5-8-12-26)23-29(34(40)27-13-9-6-10-14-27)22-32-35(42)39-38(45)41(36(32)43)31-20-24(2)19-25(3)21-31/h5-23H,4H2,1-3H3,(H,39,42,45)/b32-22-. The number of nitrogens with one attached hydrogen (secondary N) is 1. The maximum atomic E-state index is 13.9. The largest absolute Gasteiger partial charge is 0.462 e. The molecule has 228 valence electrons. The van der Waals surface area contributed by atoms with Gasteiger partial charge in [-0.1, -0.05) is 66.7 Å². The number of aryl methyl sites for hydroxylation is 2. The van der Waals surface area contributed by atoms with E-state index >= 15 is 0 Å². The van der Waals surface area contributed by atoms with Crippen LogP contribution in [-0.2, 0) is 14.3 Å². The maximum Gasteiger partial charge on any atom is 0.338 e. The average molecular weight is 610 g/mol. The van der Waals surface area contributed by atoms with Crippen LogP contribution in [0, 0.1) is 13.8 Å². The number of aromatic nitrogens is 1. The molecule has 5 aromatic rings. The summed E-state index contributed by atoms with van der Waals surface area (Å²) in [6, 6.07) is 33.0. The molecule has 0 saturated carbocycles. The van der Waals surface area contributed by atoms with Gasteiger partial charge in [0.2, 0.25) is 0 Å². The molecular weight excluding hydrogens is 578 g/mol. The molecule has 1 N–H and O–H groups in total. The number of imide groups is 2. The van der Waals surface area contributed by atoms with Gasteiger partial charge in [-0.3, -0.25) is 14.9 Å². The van der Waals surface area contributed by atoms with Crippen LogP contribution in [0.2, 0.25) is 0 Å². The van der Waals surface area contributed by atoms with Crippen molar-refractivity contribution < 1.29 is 23.9 Å². The van der Waals surface area contributed by atoms with Crippen LogP contribution in [0.5, 0.6) is 0 Å². The minimum absolute atomic E-state index is 0.176. The summed E-state index contributed by atoms with van der Waals surface area (Å²) >= 11 is 0. The first-order chi connectivity index (χ1) is 22.2. The summed E-state index contributed by atoms with van der Waals surface area (Å²) in [5.41, 5.74) is 6.95. The van der Waals surface area contributed by atoms with Crippen LogP contribution in [0.3, 0.4) is 0 Å². The van der Waals surface area contributed by atoms with Gasteiger partial charge in [0.25, 0.3) is 11.8 Å². The Kier molecular flexibility index (Phi) is 8.18. The lowest BCUT2D eigenvalue weighted by Gasteiger charge is -2.27. The highest BCUT2D eigenvalue weighted by atomic mass is 16.5. The number of anilines is 1. The van der Waals surface area contributed by atoms with Crippen molar-refractivity contribution >= 4 is 35.6 Å². The van der Waals surface area contributed by atoms with Crippen LogP contribution in [0.25, 0.3) is 34.3 Å². The smallest absolute Gasteiger partial charge is 0.338 e. The van der Waals surface area contributed by atoms with Crippen molar-refractivity contribution in [2.75, 3.05) is 11.5 Å². The van der Waals surface area contributed by atoms with Gasteiger partial charge < -0.3 is 9.30 Å². The molecule has 8 heteroatoms. The third kappa shape index (κ3) is 5.76. The van der Waals surface area contributed by atoms with E-state index in [-0.39, 0.29) is 12.2 Å². The summed E-state index contributed by atoms with van der Waals surface area (Å²) in [6.07, 6.45) is 1.54. The van der Waals surface area contributed by atoms with Crippen LogP contribution in [0.15, 0.2) is 115 Å². The number of urea groups is 1. The second-order valence-corrected chi connectivity index (χ2v) is 11.0. The molecule has 4 aromatic carbocycles. The van der Waals surface area contributed by atoms with E-state index in [0.29, 0.717) is 22.5 Å². The fourth-order valence-electron chi connectivity index (χ4n) is 5.71. The quantitative estimate of drug-likeness (QED) is 0.119. The third-order valence-electron chi connectivity index (χ3n) is 7.65. The Morgan fingerprint density at radius 2 is 1.37 bits per heavy atom. The summed E-state index contributed by atoms with van der Waals surface area (Å²) in [5, 5.41) is 2.35. The van der Waals surface area contributed by atoms with Gasteiger partial charge in [0.15, 0.2) is 0 Å². The predicted octanol–water partition coefficient (Wildman–Crippen LogP) is 7.27. The van der Waals surface area contributed by atoms with Crippen molar-refractivity contribution in [1.29, 1.82) is 0 Å². The van der Waals surface area contributed by atoms with Crippen molar-refractivity contribution in [2.24, 2.45) is 0 Å². The Balaban J connectivity index is 1.57. The SMILES string of the molecule is CCOC(=O)c1ccc(-n2c(-c3ccccc3)cc(/C=C3/C(=O)NC(=O)N(c4cc(C)cc(C)c4)C3=O)c2-c2ccccc2)cc1. The molecule has 1 aromatic heterocycles. The lowest BCUT2D eigenvalue weighted by molar-refractivity contribution is -0.122. The summed E-state index contributed by atoms with van der Waals surface area (Å²) < 4.78 is 7.21. The van der Waals surface area contributed by atoms with E-state index < -0.39 is 23.8 Å². The summed E-state index contributed by atoms with van der Waals surface area (Å²) in [7, 11) is 0. The van der Waals surface area contributed by atoms with E-state index in [2.05, 4.69) is 5.32 Å². The van der Waals surface area contributed by atoms with E-state index in [1.807, 2.05) is 103 Å². The topological polar surface area (TPSA) is 97.7 Å². The summed E-state index contributed by atoms with van der Waals surface area (Å²) in [5.74, 6) is -1.91. The van der Waals surface area contributed by atoms with Gasteiger partial charge in [-0.2, -0.15) is 0 Å². The lowest BCUT2D eigenvalue weighted by atomic mass is 10.0. The van der Waals surface area contributed by atoms with Crippen molar-refractivity contribution in [3.8, 4) is 28.2 Å². The van der Waals surface area contributed by atoms with Crippen molar-refractivity contribution in [2.45, 2.75) is 20.8 Å². The van der Waals surface area contributed by atoms with Gasteiger partial charge in [-0.25, -0.2) is 14.5 Å². The monoisotopic (exact) mass is 609 g/mol. The Hall–Kier alpha value is -6.02. The lowest BCUT2D eigenvalue weighted by Crippen LogP contribution is -2.54. The molecule has 0 atom stereocenters. The number of barbiturate groups is 1. The van der Waals surface area contributed by atoms with Crippen molar-refractivity contribution in [3.63, 3.8) is 0 Å². The molecule has 0 radical (unpaired) electrons. The van der Waals surface area contributed by atoms with Crippen LogP contribution in [-0.4, -0.2) is 35.0 Å². The zero-order valence-electron chi connectivity index (χ0n) is 25.6. The van der Waals surface area contributed by atoms with E-state index in [4.69, 9.17) is 4.74 Å². The minimum atomic E-state index is -0.801. The number of nitrogens with zero attached hydrogens (tertiary/aromatic N) is 2. The van der Waals surface area contributed by atoms with E-state index in [1.54, 1.807) is 31.2 Å². The molecule has 1 aliphatic rings. The Bertz CT molecular complexity index is 1990. The predicted molar refractivity (Wildman–Crippen MR) is 178 cm³/mol. The molecule has 4 amide bonds. The highest BCUT2D eigenvalue weighted by Gasteiger charge is 2.37. The molecule has 1 fully saturated rings. The van der Waals surface area contributed by atoms with Crippen LogP contribution < -0.4 is 10.2 Å². The van der Waals surface area contributed by atoms with Crippen LogP contribution in [0.1, 0.15) is 34.0 Å². The molecule has 1 aliphatic heterocycles. The number of rotatable bonds is 7. The summed E-state index contributed by atoms with van der Waals surface area (Å²) in [4.78, 5) is 53.6. The molecule has 46 heavy (non-hydrogen) atoms. The number of hydrogen-bond acceptors (Lipinski definition) is 5. The summed E-state index contributed by atoms with van der Waals surface area (Å²) in [6.45, 7) is 5.79. The average Bonchev–Trinajstić information content (AvgIpc) is 3.43. The van der Waals surface area contributed by atoms with Crippen LogP contribution in [0.4, 0.5) is 10.5 Å². The van der Waals surface area contributed by atoms with Crippen molar-refractivity contribution in [3.05, 3.63) is 137 Å². The maximum absolute atomic E-state index is 13.9. The second kappa shape index (κ2) is 12.5. The van der Waals surface area contributed by atoms with Gasteiger partial charge in [0.05, 0.1) is 29.2 Å². The molecule has 6 rings (SSSR count). The molecule has 8 nitrogen and oxygen atoms in total. The van der Waals surface area contributed by atoms with Gasteiger partial charge in [0, 0.05) is 11.3 Å². The number of ether oxygens (including phenoxy) is 1. The van der Waals surface area contributed by atoms with Gasteiger partial charge in [0.1, 0.15) is 5.57 Å². The zero-order chi connectivity index (χ0) is 32.4. The fraction of sp³-hybridized carbons (Fsp3) is 0.105. The molecular formula is C38H31N3O5. The second-order valence-electron chi connectivity index (χ2n) is 11.0. The van der Waals surface area contributed by atoms with Gasteiger partial charge in [-0.15, -0.1) is 0 Å². The van der Waals surface area contributed by atoms with E-state index in [1.165, 1.54) is 6.08 Å². The number of carbonyl (C=O) groups excluding carboxylic acids is 4. The first-order valence-electron chi connectivity index (χ1n) is 14.9. The van der Waals surface area contributed by atoms with Gasteiger partial charge in [-0.05, 0) is 91.6 Å². The highest BCUT2D eigenvalue weighted by molar-refractivity contribution is 6.39. The molecule has 0 aliphatic carbocycles. The molecule has 0 spiro atoms. The first-order valence-corrected chi connectivity index (χ1v) is 14.9. The number of hydrogen-bond donors (Lipinski definition) is 1. The Labute approximate surface area is 266 Å². The molecule has 2 heterocycles. The molecule has 0 bridgehead atoms. The third-order valence-corrected chi connectivity index (χ3v) is 7.65. The van der Waals surface area contributed by atoms with E-state index in [0.717, 1.165) is 38.5 Å². The number of benzene rings is 4. The fourth-order valence-corrected chi connectivity index (χ4v) is 5.71. The highest BCUT2D eigenvalue weighted by Crippen LogP contribution is 2.38. The minimum Gasteiger partial charge on any atom is -0.462 e.